The molecule has 1 unspecified atom stereocenters. The van der Waals surface area contributed by atoms with Crippen LogP contribution in [0.5, 0.6) is 0 Å². The first kappa shape index (κ1) is 40.2. The Hall–Kier alpha value is -0.830. The van der Waals surface area contributed by atoms with Crippen molar-refractivity contribution in [2.24, 2.45) is 0 Å². The molecule has 0 rings (SSSR count). The summed E-state index contributed by atoms with van der Waals surface area (Å²) in [7, 11) is -4.91. The van der Waals surface area contributed by atoms with Crippen LogP contribution >= 0.6 is 0 Å². The molecule has 5 nitrogen and oxygen atoms in total. The van der Waals surface area contributed by atoms with Gasteiger partial charge in [0.05, 0.1) is 0 Å². The molecule has 0 aromatic rings. The Kier molecular flexibility index (Phi) is 26.2. The van der Waals surface area contributed by atoms with E-state index in [9.17, 15) is 26.4 Å². The van der Waals surface area contributed by atoms with Gasteiger partial charge in [-0.1, -0.05) is 167 Å². The van der Waals surface area contributed by atoms with Gasteiger partial charge in [0.25, 0.3) is 10.1 Å². The number of ether oxygens (including phenoxy) is 1. The predicted molar refractivity (Wildman–Crippen MR) is 163 cm³/mol. The van der Waals surface area contributed by atoms with Gasteiger partial charge >= 0.3 is 12.1 Å². The Morgan fingerprint density at radius 1 is 0.585 bits per heavy atom. The second kappa shape index (κ2) is 26.8. The van der Waals surface area contributed by atoms with Gasteiger partial charge in [-0.25, -0.2) is 0 Å². The first-order valence-electron chi connectivity index (χ1n) is 16.8. The molecule has 0 heterocycles. The molecule has 0 aromatic heterocycles. The molecule has 0 aliphatic heterocycles. The number of halogens is 3. The fourth-order valence-corrected chi connectivity index (χ4v) is 5.83. The quantitative estimate of drug-likeness (QED) is 0.0494. The molecule has 0 radical (unpaired) electrons. The van der Waals surface area contributed by atoms with Crippen molar-refractivity contribution in [1.82, 2.24) is 0 Å². The molecular weight excluding hydrogens is 553 g/mol. The zero-order chi connectivity index (χ0) is 30.7. The Morgan fingerprint density at radius 2 is 0.854 bits per heavy atom. The molecule has 0 aromatic carbocycles. The predicted octanol–water partition coefficient (Wildman–Crippen LogP) is 10.9. The molecule has 0 amide bonds. The second-order valence-electron chi connectivity index (χ2n) is 11.9. The van der Waals surface area contributed by atoms with Gasteiger partial charge in [0.2, 0.25) is 6.10 Å². The minimum atomic E-state index is -5.04. The molecule has 0 saturated heterocycles. The summed E-state index contributed by atoms with van der Waals surface area (Å²) in [5, 5.41) is 0. The van der Waals surface area contributed by atoms with Gasteiger partial charge in [-0.15, -0.1) is 0 Å². The number of hydrogen-bond donors (Lipinski definition) is 1. The van der Waals surface area contributed by atoms with Crippen LogP contribution in [-0.4, -0.2) is 37.0 Å². The lowest BCUT2D eigenvalue weighted by molar-refractivity contribution is -0.215. The van der Waals surface area contributed by atoms with Gasteiger partial charge in [0.1, 0.15) is 5.75 Å². The highest BCUT2D eigenvalue weighted by Gasteiger charge is 2.45. The normalized spacial score (nSPS) is 13.0. The molecule has 1 atom stereocenters. The van der Waals surface area contributed by atoms with Crippen molar-refractivity contribution in [3.8, 4) is 0 Å². The third kappa shape index (κ3) is 30.4. The van der Waals surface area contributed by atoms with Crippen molar-refractivity contribution < 1.29 is 35.7 Å². The minimum absolute atomic E-state index is 0.197. The number of carbonyl (C=O) groups is 1. The molecule has 0 aliphatic carbocycles. The van der Waals surface area contributed by atoms with Crippen LogP contribution in [0.2, 0.25) is 0 Å². The maximum absolute atomic E-state index is 12.8. The van der Waals surface area contributed by atoms with E-state index in [1.54, 1.807) is 0 Å². The number of alkyl halides is 3. The highest BCUT2D eigenvalue weighted by Crippen LogP contribution is 2.25. The van der Waals surface area contributed by atoms with E-state index in [1.807, 2.05) is 0 Å². The van der Waals surface area contributed by atoms with E-state index in [0.717, 1.165) is 19.3 Å². The van der Waals surface area contributed by atoms with Crippen LogP contribution in [0.4, 0.5) is 13.2 Å². The molecule has 0 fully saturated rings. The zero-order valence-corrected chi connectivity index (χ0v) is 26.8. The standard InChI is InChI=1S/C32H61F3O5S/c1-2-3-4-5-6-7-8-9-10-11-12-13-14-15-16-17-18-19-20-21-22-23-24-25-26-27-28-31(36)40-30(32(33,34)35)29-41(37,38)39/h30H,2-29H2,1H3,(H,37,38,39). The van der Waals surface area contributed by atoms with Crippen LogP contribution in [0.15, 0.2) is 0 Å². The molecule has 0 bridgehead atoms. The summed E-state index contributed by atoms with van der Waals surface area (Å²) in [6.45, 7) is 2.27. The average molecular weight is 615 g/mol. The monoisotopic (exact) mass is 614 g/mol. The maximum Gasteiger partial charge on any atom is 0.426 e. The topological polar surface area (TPSA) is 80.7 Å². The lowest BCUT2D eigenvalue weighted by Crippen LogP contribution is -2.39. The third-order valence-electron chi connectivity index (χ3n) is 7.74. The first-order valence-corrected chi connectivity index (χ1v) is 18.4. The summed E-state index contributed by atoms with van der Waals surface area (Å²) in [5.41, 5.74) is 0. The van der Waals surface area contributed by atoms with Gasteiger partial charge < -0.3 is 4.74 Å². The number of carbonyl (C=O) groups excluding carboxylic acids is 1. The summed E-state index contributed by atoms with van der Waals surface area (Å²) in [4.78, 5) is 11.6. The lowest BCUT2D eigenvalue weighted by atomic mass is 10.0. The summed E-state index contributed by atoms with van der Waals surface area (Å²) < 4.78 is 72.6. The molecular formula is C32H61F3O5S. The number of hydrogen-bond acceptors (Lipinski definition) is 4. The van der Waals surface area contributed by atoms with Crippen LogP contribution in [0.25, 0.3) is 0 Å². The number of unbranched alkanes of at least 4 members (excludes halogenated alkanes) is 25. The minimum Gasteiger partial charge on any atom is -0.451 e. The molecule has 0 saturated carbocycles. The summed E-state index contributed by atoms with van der Waals surface area (Å²) in [5.74, 6) is -2.78. The van der Waals surface area contributed by atoms with E-state index in [-0.39, 0.29) is 6.42 Å². The van der Waals surface area contributed by atoms with Crippen LogP contribution in [-0.2, 0) is 19.6 Å². The van der Waals surface area contributed by atoms with Crippen molar-refractivity contribution in [1.29, 1.82) is 0 Å². The average Bonchev–Trinajstić information content (AvgIpc) is 2.89. The van der Waals surface area contributed by atoms with Crippen LogP contribution in [0.1, 0.15) is 180 Å². The third-order valence-corrected chi connectivity index (χ3v) is 8.46. The Bertz CT molecular complexity index is 698. The van der Waals surface area contributed by atoms with Gasteiger partial charge in [-0.3, -0.25) is 9.35 Å². The molecule has 0 aliphatic rings. The van der Waals surface area contributed by atoms with Gasteiger partial charge in [-0.05, 0) is 6.42 Å². The Morgan fingerprint density at radius 3 is 1.10 bits per heavy atom. The highest BCUT2D eigenvalue weighted by molar-refractivity contribution is 7.85. The first-order chi connectivity index (χ1) is 19.6. The van der Waals surface area contributed by atoms with E-state index in [2.05, 4.69) is 11.7 Å². The van der Waals surface area contributed by atoms with Crippen molar-refractivity contribution >= 4 is 16.1 Å². The Balaban J connectivity index is 3.36. The van der Waals surface area contributed by atoms with E-state index in [0.29, 0.717) is 12.8 Å². The van der Waals surface area contributed by atoms with Gasteiger partial charge in [0, 0.05) is 6.42 Å². The lowest BCUT2D eigenvalue weighted by Gasteiger charge is -2.19. The van der Waals surface area contributed by atoms with Crippen molar-refractivity contribution in [2.75, 3.05) is 5.75 Å². The van der Waals surface area contributed by atoms with Crippen LogP contribution < -0.4 is 0 Å². The smallest absolute Gasteiger partial charge is 0.426 e. The van der Waals surface area contributed by atoms with Crippen molar-refractivity contribution in [3.05, 3.63) is 0 Å². The maximum atomic E-state index is 12.8. The zero-order valence-electron chi connectivity index (χ0n) is 26.0. The molecule has 41 heavy (non-hydrogen) atoms. The molecule has 1 N–H and O–H groups in total. The van der Waals surface area contributed by atoms with Gasteiger partial charge in [-0.2, -0.15) is 21.6 Å². The van der Waals surface area contributed by atoms with Crippen molar-refractivity contribution in [2.45, 2.75) is 193 Å². The van der Waals surface area contributed by atoms with Crippen LogP contribution in [0, 0.1) is 0 Å². The van der Waals surface area contributed by atoms with E-state index < -0.39 is 34.1 Å². The fourth-order valence-electron chi connectivity index (χ4n) is 5.19. The van der Waals surface area contributed by atoms with E-state index in [4.69, 9.17) is 4.55 Å². The highest BCUT2D eigenvalue weighted by atomic mass is 32.2. The van der Waals surface area contributed by atoms with Crippen LogP contribution in [0.3, 0.4) is 0 Å². The number of esters is 1. The van der Waals surface area contributed by atoms with E-state index >= 15 is 0 Å². The number of rotatable bonds is 30. The van der Waals surface area contributed by atoms with Crippen molar-refractivity contribution in [3.63, 3.8) is 0 Å². The largest absolute Gasteiger partial charge is 0.451 e. The molecule has 246 valence electrons. The van der Waals surface area contributed by atoms with Gasteiger partial charge in [0.15, 0.2) is 0 Å². The second-order valence-corrected chi connectivity index (χ2v) is 13.4. The SMILES string of the molecule is CCCCCCCCCCCCCCCCCCCCCCCCCCCCC(=O)OC(CS(=O)(=O)O)C(F)(F)F. The molecule has 0 spiro atoms. The Labute approximate surface area is 249 Å². The fraction of sp³-hybridized carbons (Fsp3) is 0.969. The summed E-state index contributed by atoms with van der Waals surface area (Å²) >= 11 is 0. The summed E-state index contributed by atoms with van der Waals surface area (Å²) in [6, 6.07) is 0. The molecule has 9 heteroatoms. The van der Waals surface area contributed by atoms with E-state index in [1.165, 1.54) is 135 Å². The summed E-state index contributed by atoms with van der Waals surface area (Å²) in [6.07, 6.45) is 24.8.